The van der Waals surface area contributed by atoms with Crippen molar-refractivity contribution in [1.29, 1.82) is 0 Å². The van der Waals surface area contributed by atoms with Crippen LogP contribution in [0.2, 0.25) is 0 Å². The van der Waals surface area contributed by atoms with Crippen LogP contribution in [0.3, 0.4) is 0 Å². The van der Waals surface area contributed by atoms with E-state index in [2.05, 4.69) is 43.2 Å². The Morgan fingerprint density at radius 2 is 2.15 bits per heavy atom. The van der Waals surface area contributed by atoms with E-state index in [1.807, 2.05) is 0 Å². The molecule has 1 aliphatic heterocycles. The molecule has 0 aromatic carbocycles. The number of nitrogens with zero attached hydrogens (tertiary/aromatic N) is 2. The van der Waals surface area contributed by atoms with E-state index in [4.69, 9.17) is 9.26 Å². The number of rotatable bonds is 6. The number of nitrogens with one attached hydrogen (secondary N) is 1. The van der Waals surface area contributed by atoms with E-state index in [0.29, 0.717) is 17.8 Å². The summed E-state index contributed by atoms with van der Waals surface area (Å²) in [5.74, 6) is 1.60. The minimum Gasteiger partial charge on any atom is -0.367 e. The second-order valence-electron chi connectivity index (χ2n) is 6.02. The highest BCUT2D eigenvalue weighted by Crippen LogP contribution is 2.33. The molecule has 2 rings (SSSR count). The second-order valence-corrected chi connectivity index (χ2v) is 6.02. The van der Waals surface area contributed by atoms with Gasteiger partial charge >= 0.3 is 0 Å². The van der Waals surface area contributed by atoms with Gasteiger partial charge in [0.15, 0.2) is 0 Å². The minimum atomic E-state index is -0.375. The molecule has 0 bridgehead atoms. The third kappa shape index (κ3) is 3.38. The van der Waals surface area contributed by atoms with Crippen LogP contribution in [-0.2, 0) is 10.3 Å². The summed E-state index contributed by atoms with van der Waals surface area (Å²) in [4.78, 5) is 4.59. The predicted octanol–water partition coefficient (Wildman–Crippen LogP) is 2.98. The SMILES string of the molecule is CCCNC(C)C(C)c1nc(C2(C)CCCCO2)no1. The standard InChI is InChI=1S/C15H27N3O2/c1-5-9-16-12(3)11(2)13-17-14(18-20-13)15(4)8-6-7-10-19-15/h11-12,16H,5-10H2,1-4H3. The number of hydrogen-bond donors (Lipinski definition) is 1. The normalized spacial score (nSPS) is 26.4. The fourth-order valence-corrected chi connectivity index (χ4v) is 2.51. The molecular weight excluding hydrogens is 254 g/mol. The lowest BCUT2D eigenvalue weighted by Crippen LogP contribution is -2.32. The number of aromatic nitrogens is 2. The van der Waals surface area contributed by atoms with Crippen LogP contribution in [0, 0.1) is 0 Å². The van der Waals surface area contributed by atoms with Gasteiger partial charge in [0, 0.05) is 12.6 Å². The van der Waals surface area contributed by atoms with Crippen LogP contribution in [0.1, 0.15) is 71.0 Å². The molecule has 0 spiro atoms. The van der Waals surface area contributed by atoms with Gasteiger partial charge in [0.05, 0.1) is 5.92 Å². The van der Waals surface area contributed by atoms with Gasteiger partial charge in [0.2, 0.25) is 11.7 Å². The fraction of sp³-hybridized carbons (Fsp3) is 0.867. The van der Waals surface area contributed by atoms with Crippen molar-refractivity contribution < 1.29 is 9.26 Å². The Morgan fingerprint density at radius 1 is 1.35 bits per heavy atom. The van der Waals surface area contributed by atoms with Gasteiger partial charge in [0.1, 0.15) is 5.60 Å². The van der Waals surface area contributed by atoms with Crippen molar-refractivity contribution in [2.24, 2.45) is 0 Å². The predicted molar refractivity (Wildman–Crippen MR) is 77.6 cm³/mol. The highest BCUT2D eigenvalue weighted by molar-refractivity contribution is 5.04. The Labute approximate surface area is 121 Å². The first kappa shape index (κ1) is 15.4. The van der Waals surface area contributed by atoms with E-state index >= 15 is 0 Å². The molecule has 5 nitrogen and oxygen atoms in total. The van der Waals surface area contributed by atoms with Crippen LogP contribution >= 0.6 is 0 Å². The highest BCUT2D eigenvalue weighted by Gasteiger charge is 2.35. The lowest BCUT2D eigenvalue weighted by Gasteiger charge is -2.30. The maximum absolute atomic E-state index is 5.87. The average molecular weight is 281 g/mol. The summed E-state index contributed by atoms with van der Waals surface area (Å²) in [5, 5.41) is 7.63. The third-order valence-corrected chi connectivity index (χ3v) is 4.24. The molecule has 1 aromatic heterocycles. The topological polar surface area (TPSA) is 60.2 Å². The van der Waals surface area contributed by atoms with E-state index in [0.717, 1.165) is 38.8 Å². The van der Waals surface area contributed by atoms with Crippen LogP contribution in [-0.4, -0.2) is 29.3 Å². The van der Waals surface area contributed by atoms with E-state index in [-0.39, 0.29) is 11.5 Å². The van der Waals surface area contributed by atoms with Crippen molar-refractivity contribution in [2.75, 3.05) is 13.2 Å². The molecule has 2 heterocycles. The molecular formula is C15H27N3O2. The summed E-state index contributed by atoms with van der Waals surface area (Å²) < 4.78 is 11.3. The lowest BCUT2D eigenvalue weighted by molar-refractivity contribution is -0.0770. The Balaban J connectivity index is 2.04. The summed E-state index contributed by atoms with van der Waals surface area (Å²) in [6.45, 7) is 10.3. The van der Waals surface area contributed by atoms with Gasteiger partial charge in [-0.15, -0.1) is 0 Å². The van der Waals surface area contributed by atoms with E-state index in [9.17, 15) is 0 Å². The van der Waals surface area contributed by atoms with Gasteiger partial charge < -0.3 is 14.6 Å². The monoisotopic (exact) mass is 281 g/mol. The maximum atomic E-state index is 5.87. The van der Waals surface area contributed by atoms with Crippen LogP contribution < -0.4 is 5.32 Å². The van der Waals surface area contributed by atoms with Crippen molar-refractivity contribution in [2.45, 2.75) is 70.9 Å². The van der Waals surface area contributed by atoms with Gasteiger partial charge in [-0.2, -0.15) is 4.98 Å². The summed E-state index contributed by atoms with van der Waals surface area (Å²) >= 11 is 0. The summed E-state index contributed by atoms with van der Waals surface area (Å²) in [6.07, 6.45) is 4.36. The molecule has 0 amide bonds. The molecule has 1 saturated heterocycles. The van der Waals surface area contributed by atoms with E-state index < -0.39 is 0 Å². The molecule has 1 N–H and O–H groups in total. The first-order chi connectivity index (χ1) is 9.57. The van der Waals surface area contributed by atoms with Gasteiger partial charge in [-0.05, 0) is 46.1 Å². The van der Waals surface area contributed by atoms with Gasteiger partial charge in [-0.25, -0.2) is 0 Å². The van der Waals surface area contributed by atoms with Gasteiger partial charge in [0.25, 0.3) is 0 Å². The molecule has 5 heteroatoms. The second kappa shape index (κ2) is 6.68. The Kier molecular flexibility index (Phi) is 5.16. The van der Waals surface area contributed by atoms with Gasteiger partial charge in [-0.3, -0.25) is 0 Å². The minimum absolute atomic E-state index is 0.204. The Hall–Kier alpha value is -0.940. The van der Waals surface area contributed by atoms with Crippen LogP contribution in [0.25, 0.3) is 0 Å². The maximum Gasteiger partial charge on any atom is 0.231 e. The largest absolute Gasteiger partial charge is 0.367 e. The summed E-state index contributed by atoms with van der Waals surface area (Å²) in [6, 6.07) is 0.323. The van der Waals surface area contributed by atoms with Crippen molar-refractivity contribution in [1.82, 2.24) is 15.5 Å². The third-order valence-electron chi connectivity index (χ3n) is 4.24. The molecule has 1 fully saturated rings. The Morgan fingerprint density at radius 3 is 2.80 bits per heavy atom. The highest BCUT2D eigenvalue weighted by atomic mass is 16.5. The zero-order chi connectivity index (χ0) is 14.6. The molecule has 3 unspecified atom stereocenters. The van der Waals surface area contributed by atoms with E-state index in [1.54, 1.807) is 0 Å². The molecule has 0 radical (unpaired) electrons. The van der Waals surface area contributed by atoms with Crippen molar-refractivity contribution in [3.8, 4) is 0 Å². The fourth-order valence-electron chi connectivity index (χ4n) is 2.51. The van der Waals surface area contributed by atoms with Crippen molar-refractivity contribution in [3.63, 3.8) is 0 Å². The van der Waals surface area contributed by atoms with Crippen molar-refractivity contribution in [3.05, 3.63) is 11.7 Å². The summed E-state index contributed by atoms with van der Waals surface area (Å²) in [5.41, 5.74) is -0.375. The quantitative estimate of drug-likeness (QED) is 0.868. The number of ether oxygens (including phenoxy) is 1. The zero-order valence-electron chi connectivity index (χ0n) is 13.1. The molecule has 20 heavy (non-hydrogen) atoms. The van der Waals surface area contributed by atoms with Crippen LogP contribution in [0.15, 0.2) is 4.52 Å². The molecule has 1 aliphatic rings. The Bertz CT molecular complexity index is 413. The van der Waals surface area contributed by atoms with E-state index in [1.165, 1.54) is 0 Å². The average Bonchev–Trinajstić information content (AvgIpc) is 2.95. The number of hydrogen-bond acceptors (Lipinski definition) is 5. The molecule has 3 atom stereocenters. The molecule has 114 valence electrons. The summed E-state index contributed by atoms with van der Waals surface area (Å²) in [7, 11) is 0. The lowest BCUT2D eigenvalue weighted by atomic mass is 9.95. The molecule has 0 saturated carbocycles. The molecule has 0 aliphatic carbocycles. The molecule has 1 aromatic rings. The van der Waals surface area contributed by atoms with Crippen LogP contribution in [0.5, 0.6) is 0 Å². The van der Waals surface area contributed by atoms with Crippen molar-refractivity contribution >= 4 is 0 Å². The zero-order valence-corrected chi connectivity index (χ0v) is 13.1. The van der Waals surface area contributed by atoms with Crippen LogP contribution in [0.4, 0.5) is 0 Å². The first-order valence-corrected chi connectivity index (χ1v) is 7.78. The van der Waals surface area contributed by atoms with Gasteiger partial charge in [-0.1, -0.05) is 19.0 Å². The first-order valence-electron chi connectivity index (χ1n) is 7.78. The smallest absolute Gasteiger partial charge is 0.231 e.